The number of aryl methyl sites for hydroxylation is 1. The number of hydrogen-bond acceptors (Lipinski definition) is 3. The molecule has 0 bridgehead atoms. The third-order valence-electron chi connectivity index (χ3n) is 3.89. The van der Waals surface area contributed by atoms with E-state index in [0.29, 0.717) is 19.4 Å². The summed E-state index contributed by atoms with van der Waals surface area (Å²) in [5.74, 6) is 0.175. The van der Waals surface area contributed by atoms with Gasteiger partial charge in [0.1, 0.15) is 0 Å². The average Bonchev–Trinajstić information content (AvgIpc) is 3.12. The van der Waals surface area contributed by atoms with Gasteiger partial charge in [-0.25, -0.2) is 0 Å². The van der Waals surface area contributed by atoms with Gasteiger partial charge in [-0.15, -0.1) is 11.3 Å². The van der Waals surface area contributed by atoms with Crippen LogP contribution in [0.1, 0.15) is 22.4 Å². The van der Waals surface area contributed by atoms with Crippen molar-refractivity contribution in [3.05, 3.63) is 51.7 Å². The Hall–Kier alpha value is -2.14. The molecule has 22 heavy (non-hydrogen) atoms. The van der Waals surface area contributed by atoms with Gasteiger partial charge in [0.05, 0.1) is 6.42 Å². The van der Waals surface area contributed by atoms with Crippen LogP contribution in [0.15, 0.2) is 35.7 Å². The van der Waals surface area contributed by atoms with Crippen LogP contribution in [0.2, 0.25) is 0 Å². The number of carbonyl (C=O) groups is 2. The molecule has 1 aromatic heterocycles. The Morgan fingerprint density at radius 3 is 3.00 bits per heavy atom. The highest BCUT2D eigenvalue weighted by atomic mass is 32.1. The maximum atomic E-state index is 11.9. The molecule has 0 saturated heterocycles. The highest BCUT2D eigenvalue weighted by Crippen LogP contribution is 2.28. The first-order chi connectivity index (χ1) is 10.6. The van der Waals surface area contributed by atoms with Gasteiger partial charge in [-0.05, 0) is 35.1 Å². The molecule has 5 heteroatoms. The summed E-state index contributed by atoms with van der Waals surface area (Å²) in [6, 6.07) is 9.98. The van der Waals surface area contributed by atoms with E-state index in [1.165, 1.54) is 4.88 Å². The molecule has 1 N–H and O–H groups in total. The Morgan fingerprint density at radius 2 is 2.23 bits per heavy atom. The van der Waals surface area contributed by atoms with Crippen molar-refractivity contribution in [1.82, 2.24) is 5.32 Å². The van der Waals surface area contributed by atoms with Crippen LogP contribution in [0, 0.1) is 0 Å². The maximum Gasteiger partial charge on any atom is 0.231 e. The molecule has 3 rings (SSSR count). The maximum absolute atomic E-state index is 11.9. The highest BCUT2D eigenvalue weighted by Gasteiger charge is 2.23. The number of nitrogens with one attached hydrogen (secondary N) is 1. The zero-order valence-electron chi connectivity index (χ0n) is 12.5. The predicted octanol–water partition coefficient (Wildman–Crippen LogP) is 2.52. The molecule has 2 amide bonds. The Labute approximate surface area is 133 Å². The van der Waals surface area contributed by atoms with Crippen molar-refractivity contribution in [2.75, 3.05) is 11.9 Å². The largest absolute Gasteiger partial charge is 0.352 e. The third-order valence-corrected chi connectivity index (χ3v) is 4.83. The predicted molar refractivity (Wildman–Crippen MR) is 88.0 cm³/mol. The first-order valence-electron chi connectivity index (χ1n) is 7.31. The molecule has 0 saturated carbocycles. The minimum absolute atomic E-state index is 0.0575. The second kappa shape index (κ2) is 6.32. The van der Waals surface area contributed by atoms with Gasteiger partial charge in [0, 0.05) is 30.6 Å². The molecule has 2 aromatic rings. The number of benzene rings is 1. The van der Waals surface area contributed by atoms with Crippen molar-refractivity contribution in [3.63, 3.8) is 0 Å². The summed E-state index contributed by atoms with van der Waals surface area (Å²) in [6.45, 7) is 0.508. The molecular weight excluding hydrogens is 296 g/mol. The lowest BCUT2D eigenvalue weighted by Gasteiger charge is -2.11. The molecule has 114 valence electrons. The van der Waals surface area contributed by atoms with Crippen LogP contribution in [0.3, 0.4) is 0 Å². The van der Waals surface area contributed by atoms with Crippen LogP contribution >= 0.6 is 11.3 Å². The van der Waals surface area contributed by atoms with Crippen molar-refractivity contribution in [3.8, 4) is 0 Å². The molecule has 0 fully saturated rings. The minimum atomic E-state index is 0.0575. The Kier molecular flexibility index (Phi) is 4.24. The number of carbonyl (C=O) groups excluding carboxylic acids is 2. The molecule has 0 unspecified atom stereocenters. The Balaban J connectivity index is 1.53. The van der Waals surface area contributed by atoms with Crippen LogP contribution in [-0.4, -0.2) is 18.9 Å². The van der Waals surface area contributed by atoms with Crippen molar-refractivity contribution in [2.45, 2.75) is 25.8 Å². The first-order valence-corrected chi connectivity index (χ1v) is 8.19. The number of likely N-dealkylation sites (N-methyl/N-ethyl adjacent to an activating group) is 1. The molecule has 0 spiro atoms. The quantitative estimate of drug-likeness (QED) is 0.922. The van der Waals surface area contributed by atoms with E-state index in [9.17, 15) is 9.59 Å². The third kappa shape index (κ3) is 3.20. The summed E-state index contributed by atoms with van der Waals surface area (Å²) in [5.41, 5.74) is 3.04. The number of hydrogen-bond donors (Lipinski definition) is 1. The fraction of sp³-hybridized carbons (Fsp3) is 0.294. The Morgan fingerprint density at radius 1 is 1.36 bits per heavy atom. The monoisotopic (exact) mass is 314 g/mol. The zero-order valence-corrected chi connectivity index (χ0v) is 13.3. The van der Waals surface area contributed by atoms with Gasteiger partial charge >= 0.3 is 0 Å². The topological polar surface area (TPSA) is 49.4 Å². The van der Waals surface area contributed by atoms with E-state index in [1.807, 2.05) is 35.7 Å². The van der Waals surface area contributed by atoms with Gasteiger partial charge in [0.25, 0.3) is 0 Å². The Bertz CT molecular complexity index is 695. The molecule has 2 heterocycles. The minimum Gasteiger partial charge on any atom is -0.352 e. The zero-order chi connectivity index (χ0) is 15.5. The lowest BCUT2D eigenvalue weighted by molar-refractivity contribution is -0.121. The molecular formula is C17H18N2O2S. The fourth-order valence-electron chi connectivity index (χ4n) is 2.61. The summed E-state index contributed by atoms with van der Waals surface area (Å²) in [7, 11) is 1.79. The summed E-state index contributed by atoms with van der Waals surface area (Å²) >= 11 is 1.68. The number of fused-ring (bicyclic) bond motifs is 1. The lowest BCUT2D eigenvalue weighted by atomic mass is 10.1. The van der Waals surface area contributed by atoms with E-state index in [0.717, 1.165) is 23.2 Å². The van der Waals surface area contributed by atoms with E-state index in [-0.39, 0.29) is 11.8 Å². The van der Waals surface area contributed by atoms with Gasteiger partial charge in [-0.3, -0.25) is 9.59 Å². The number of rotatable bonds is 5. The summed E-state index contributed by atoms with van der Waals surface area (Å²) < 4.78 is 0. The number of thiophene rings is 1. The summed E-state index contributed by atoms with van der Waals surface area (Å²) in [6.07, 6.45) is 1.74. The van der Waals surface area contributed by atoms with E-state index in [2.05, 4.69) is 5.32 Å². The molecule has 0 atom stereocenters. The van der Waals surface area contributed by atoms with Crippen molar-refractivity contribution < 1.29 is 9.59 Å². The van der Waals surface area contributed by atoms with Gasteiger partial charge in [0.15, 0.2) is 0 Å². The molecule has 1 aliphatic heterocycles. The van der Waals surface area contributed by atoms with Gasteiger partial charge < -0.3 is 10.2 Å². The van der Waals surface area contributed by atoms with Crippen LogP contribution in [0.25, 0.3) is 0 Å². The van der Waals surface area contributed by atoms with Crippen molar-refractivity contribution in [1.29, 1.82) is 0 Å². The van der Waals surface area contributed by atoms with E-state index >= 15 is 0 Å². The lowest BCUT2D eigenvalue weighted by Crippen LogP contribution is -2.23. The van der Waals surface area contributed by atoms with Crippen LogP contribution < -0.4 is 10.2 Å². The average molecular weight is 314 g/mol. The number of nitrogens with zero attached hydrogens (tertiary/aromatic N) is 1. The van der Waals surface area contributed by atoms with E-state index in [1.54, 1.807) is 23.3 Å². The van der Waals surface area contributed by atoms with Crippen molar-refractivity contribution in [2.24, 2.45) is 0 Å². The first kappa shape index (κ1) is 14.8. The van der Waals surface area contributed by atoms with Crippen LogP contribution in [0.5, 0.6) is 0 Å². The van der Waals surface area contributed by atoms with Crippen molar-refractivity contribution >= 4 is 28.8 Å². The fourth-order valence-corrected chi connectivity index (χ4v) is 3.32. The van der Waals surface area contributed by atoms with E-state index in [4.69, 9.17) is 0 Å². The molecule has 0 aliphatic carbocycles. The number of anilines is 1. The number of amides is 2. The van der Waals surface area contributed by atoms with Gasteiger partial charge in [-0.2, -0.15) is 0 Å². The SMILES string of the molecule is CN1C(=O)Cc2cc(CNC(=O)CCc3cccs3)ccc21. The second-order valence-corrected chi connectivity index (χ2v) is 6.48. The standard InChI is InChI=1S/C17H18N2O2S/c1-19-15-6-4-12(9-13(15)10-17(19)21)11-18-16(20)7-5-14-3-2-8-22-14/h2-4,6,8-9H,5,7,10-11H2,1H3,(H,18,20). The molecule has 1 aromatic carbocycles. The normalized spacial score (nSPS) is 13.3. The molecule has 0 radical (unpaired) electrons. The highest BCUT2D eigenvalue weighted by molar-refractivity contribution is 7.09. The summed E-state index contributed by atoms with van der Waals surface area (Å²) in [5, 5.41) is 4.97. The van der Waals surface area contributed by atoms with Gasteiger partial charge in [0.2, 0.25) is 11.8 Å². The van der Waals surface area contributed by atoms with Crippen LogP contribution in [0.4, 0.5) is 5.69 Å². The smallest absolute Gasteiger partial charge is 0.231 e. The van der Waals surface area contributed by atoms with Gasteiger partial charge in [-0.1, -0.05) is 18.2 Å². The van der Waals surface area contributed by atoms with Crippen LogP contribution in [-0.2, 0) is 29.0 Å². The second-order valence-electron chi connectivity index (χ2n) is 5.45. The molecule has 4 nitrogen and oxygen atoms in total. The molecule has 1 aliphatic rings. The van der Waals surface area contributed by atoms with E-state index < -0.39 is 0 Å². The summed E-state index contributed by atoms with van der Waals surface area (Å²) in [4.78, 5) is 26.5.